The van der Waals surface area contributed by atoms with Gasteiger partial charge in [0.25, 0.3) is 11.1 Å². The molecular formula is C14H9F3N4O2S. The molecule has 124 valence electrons. The molecule has 0 unspecified atom stereocenters. The normalized spacial score (nSPS) is 11.8. The molecule has 0 fully saturated rings. The summed E-state index contributed by atoms with van der Waals surface area (Å²) in [5.41, 5.74) is -2.04. The lowest BCUT2D eigenvalue weighted by Crippen LogP contribution is -2.17. The Morgan fingerprint density at radius 3 is 2.58 bits per heavy atom. The first-order valence-corrected chi connectivity index (χ1v) is 7.61. The van der Waals surface area contributed by atoms with Gasteiger partial charge in [0.05, 0.1) is 16.7 Å². The fourth-order valence-electron chi connectivity index (χ4n) is 1.99. The predicted molar refractivity (Wildman–Crippen MR) is 81.8 cm³/mol. The van der Waals surface area contributed by atoms with Gasteiger partial charge in [0.2, 0.25) is 0 Å². The monoisotopic (exact) mass is 354 g/mol. The lowest BCUT2D eigenvalue weighted by molar-refractivity contribution is -0.141. The molecule has 0 bridgehead atoms. The van der Waals surface area contributed by atoms with E-state index in [0.717, 1.165) is 11.8 Å². The Morgan fingerprint density at radius 1 is 1.08 bits per heavy atom. The molecule has 0 saturated heterocycles. The van der Waals surface area contributed by atoms with Crippen LogP contribution >= 0.6 is 11.8 Å². The van der Waals surface area contributed by atoms with Crippen molar-refractivity contribution in [3.63, 3.8) is 0 Å². The molecule has 0 spiro atoms. The molecule has 2 heterocycles. The summed E-state index contributed by atoms with van der Waals surface area (Å²) in [5.74, 6) is 0.313. The number of rotatable bonds is 3. The molecule has 3 aromatic rings. The summed E-state index contributed by atoms with van der Waals surface area (Å²) in [7, 11) is 0. The van der Waals surface area contributed by atoms with E-state index in [2.05, 4.69) is 19.9 Å². The zero-order chi connectivity index (χ0) is 17.3. The largest absolute Gasteiger partial charge is 0.433 e. The van der Waals surface area contributed by atoms with Crippen molar-refractivity contribution in [2.75, 3.05) is 0 Å². The maximum Gasteiger partial charge on any atom is 0.433 e. The number of alkyl halides is 3. The van der Waals surface area contributed by atoms with Crippen LogP contribution < -0.4 is 11.1 Å². The van der Waals surface area contributed by atoms with Crippen LogP contribution in [0.2, 0.25) is 0 Å². The zero-order valence-electron chi connectivity index (χ0n) is 11.8. The first-order chi connectivity index (χ1) is 11.3. The maximum atomic E-state index is 12.7. The molecule has 3 rings (SSSR count). The van der Waals surface area contributed by atoms with Gasteiger partial charge in [0.15, 0.2) is 10.9 Å². The molecule has 24 heavy (non-hydrogen) atoms. The van der Waals surface area contributed by atoms with E-state index in [-0.39, 0.29) is 22.3 Å². The average Bonchev–Trinajstić information content (AvgIpc) is 2.52. The van der Waals surface area contributed by atoms with Crippen LogP contribution in [0.5, 0.6) is 0 Å². The summed E-state index contributed by atoms with van der Waals surface area (Å²) < 4.78 is 38.0. The van der Waals surface area contributed by atoms with Crippen molar-refractivity contribution in [1.29, 1.82) is 0 Å². The van der Waals surface area contributed by atoms with Crippen LogP contribution in [0.3, 0.4) is 0 Å². The van der Waals surface area contributed by atoms with Crippen molar-refractivity contribution >= 4 is 22.7 Å². The topological polar surface area (TPSA) is 91.5 Å². The standard InChI is InChI=1S/C14H9F3N4O2S/c15-14(16,17)9-5-11(22)21-13(19-9)24-6-10-18-8-4-2-1-3-7(8)12(23)20-10/h1-5H,6H2,(H,18,20,23)(H,19,21,22). The van der Waals surface area contributed by atoms with E-state index < -0.39 is 17.4 Å². The molecule has 0 radical (unpaired) electrons. The van der Waals surface area contributed by atoms with Gasteiger partial charge >= 0.3 is 6.18 Å². The lowest BCUT2D eigenvalue weighted by atomic mass is 10.2. The summed E-state index contributed by atoms with van der Waals surface area (Å²) in [6.45, 7) is 0. The molecule has 1 aromatic carbocycles. The number of aromatic nitrogens is 4. The maximum absolute atomic E-state index is 12.7. The number of H-pyrrole nitrogens is 2. The number of hydrogen-bond donors (Lipinski definition) is 2. The van der Waals surface area contributed by atoms with Gasteiger partial charge in [-0.2, -0.15) is 13.2 Å². The number of aromatic amines is 2. The Morgan fingerprint density at radius 2 is 1.83 bits per heavy atom. The molecule has 10 heteroatoms. The molecule has 2 aromatic heterocycles. The minimum atomic E-state index is -4.71. The fourth-order valence-corrected chi connectivity index (χ4v) is 2.73. The molecule has 0 aliphatic carbocycles. The van der Waals surface area contributed by atoms with E-state index in [9.17, 15) is 22.8 Å². The highest BCUT2D eigenvalue weighted by Gasteiger charge is 2.33. The highest BCUT2D eigenvalue weighted by atomic mass is 32.2. The van der Waals surface area contributed by atoms with E-state index in [1.807, 2.05) is 0 Å². The number of nitrogens with zero attached hydrogens (tertiary/aromatic N) is 2. The summed E-state index contributed by atoms with van der Waals surface area (Å²) in [6, 6.07) is 7.08. The minimum Gasteiger partial charge on any atom is -0.309 e. The minimum absolute atomic E-state index is 0.0460. The quantitative estimate of drug-likeness (QED) is 0.556. The SMILES string of the molecule is O=c1cc(C(F)(F)F)nc(SCc2nc3ccccc3c(=O)[nH]2)[nH]1. The Bertz CT molecular complexity index is 1010. The lowest BCUT2D eigenvalue weighted by Gasteiger charge is -2.07. The van der Waals surface area contributed by atoms with Gasteiger partial charge in [-0.3, -0.25) is 9.59 Å². The number of nitrogens with one attached hydrogen (secondary N) is 2. The van der Waals surface area contributed by atoms with Crippen LogP contribution in [-0.4, -0.2) is 19.9 Å². The second-order valence-electron chi connectivity index (χ2n) is 4.75. The molecule has 6 nitrogen and oxygen atoms in total. The number of fused-ring (bicyclic) bond motifs is 1. The summed E-state index contributed by atoms with van der Waals surface area (Å²) in [5, 5.41) is 0.211. The Kier molecular flexibility index (Phi) is 4.14. The van der Waals surface area contributed by atoms with Gasteiger partial charge in [0, 0.05) is 6.07 Å². The van der Waals surface area contributed by atoms with Crippen molar-refractivity contribution in [3.05, 3.63) is 62.6 Å². The molecule has 0 aliphatic rings. The van der Waals surface area contributed by atoms with Crippen LogP contribution in [0, 0.1) is 0 Å². The van der Waals surface area contributed by atoms with Gasteiger partial charge in [-0.15, -0.1) is 0 Å². The smallest absolute Gasteiger partial charge is 0.309 e. The molecule has 0 saturated carbocycles. The Hall–Kier alpha value is -2.62. The van der Waals surface area contributed by atoms with Gasteiger partial charge in [0.1, 0.15) is 5.82 Å². The van der Waals surface area contributed by atoms with E-state index in [1.165, 1.54) is 0 Å². The highest BCUT2D eigenvalue weighted by molar-refractivity contribution is 7.98. The van der Waals surface area contributed by atoms with E-state index >= 15 is 0 Å². The second-order valence-corrected chi connectivity index (χ2v) is 5.72. The van der Waals surface area contributed by atoms with E-state index in [4.69, 9.17) is 0 Å². The van der Waals surface area contributed by atoms with Crippen molar-refractivity contribution in [2.24, 2.45) is 0 Å². The Labute approximate surface area is 136 Å². The van der Waals surface area contributed by atoms with Gasteiger partial charge in [-0.05, 0) is 12.1 Å². The third kappa shape index (κ3) is 3.48. The van der Waals surface area contributed by atoms with Crippen LogP contribution in [0.15, 0.2) is 45.1 Å². The third-order valence-electron chi connectivity index (χ3n) is 3.02. The van der Waals surface area contributed by atoms with Gasteiger partial charge < -0.3 is 9.97 Å². The molecule has 2 N–H and O–H groups in total. The molecule has 0 atom stereocenters. The van der Waals surface area contributed by atoms with Crippen molar-refractivity contribution in [2.45, 2.75) is 17.1 Å². The highest BCUT2D eigenvalue weighted by Crippen LogP contribution is 2.28. The van der Waals surface area contributed by atoms with Crippen molar-refractivity contribution in [3.8, 4) is 0 Å². The second kappa shape index (κ2) is 6.11. The molecular weight excluding hydrogens is 345 g/mol. The van der Waals surface area contributed by atoms with Gasteiger partial charge in [-0.1, -0.05) is 23.9 Å². The summed E-state index contributed by atoms with van der Waals surface area (Å²) in [4.78, 5) is 35.6. The Balaban J connectivity index is 1.88. The van der Waals surface area contributed by atoms with Crippen molar-refractivity contribution in [1.82, 2.24) is 19.9 Å². The third-order valence-corrected chi connectivity index (χ3v) is 3.90. The van der Waals surface area contributed by atoms with Crippen LogP contribution in [0.4, 0.5) is 13.2 Å². The van der Waals surface area contributed by atoms with Crippen LogP contribution in [0.1, 0.15) is 11.5 Å². The first kappa shape index (κ1) is 16.2. The van der Waals surface area contributed by atoms with Crippen molar-refractivity contribution < 1.29 is 13.2 Å². The zero-order valence-corrected chi connectivity index (χ0v) is 12.7. The van der Waals surface area contributed by atoms with Gasteiger partial charge in [-0.25, -0.2) is 9.97 Å². The number of benzene rings is 1. The van der Waals surface area contributed by atoms with Crippen LogP contribution in [0.25, 0.3) is 10.9 Å². The predicted octanol–water partition coefficient (Wildman–Crippen LogP) is 2.32. The summed E-state index contributed by atoms with van der Waals surface area (Å²) >= 11 is 0.836. The van der Waals surface area contributed by atoms with E-state index in [1.54, 1.807) is 24.3 Å². The van der Waals surface area contributed by atoms with Crippen LogP contribution in [-0.2, 0) is 11.9 Å². The molecule has 0 amide bonds. The number of halogens is 3. The number of hydrogen-bond acceptors (Lipinski definition) is 5. The molecule has 0 aliphatic heterocycles. The summed E-state index contributed by atoms with van der Waals surface area (Å²) in [6.07, 6.45) is -4.71. The van der Waals surface area contributed by atoms with E-state index in [0.29, 0.717) is 17.0 Å². The number of para-hydroxylation sites is 1. The average molecular weight is 354 g/mol. The first-order valence-electron chi connectivity index (χ1n) is 6.62. The number of thioether (sulfide) groups is 1. The fraction of sp³-hybridized carbons (Fsp3) is 0.143.